The Morgan fingerprint density at radius 1 is 1.09 bits per heavy atom. The van der Waals surface area contributed by atoms with Crippen molar-refractivity contribution in [2.75, 3.05) is 23.9 Å². The molecule has 3 rings (SSSR count). The van der Waals surface area contributed by atoms with Gasteiger partial charge < -0.3 is 10.1 Å². The van der Waals surface area contributed by atoms with Crippen molar-refractivity contribution in [3.63, 3.8) is 0 Å². The number of benzene rings is 2. The Hall–Kier alpha value is -3.12. The first kappa shape index (κ1) is 26.5. The molecular weight excluding hydrogens is 487 g/mol. The van der Waals surface area contributed by atoms with Gasteiger partial charge in [0.1, 0.15) is 6.04 Å². The minimum absolute atomic E-state index is 0.0380. The zero-order chi connectivity index (χ0) is 26.0. The number of carbonyl (C=O) groups is 2. The van der Waals surface area contributed by atoms with Crippen LogP contribution in [0.5, 0.6) is 0 Å². The van der Waals surface area contributed by atoms with Crippen LogP contribution >= 0.6 is 0 Å². The zero-order valence-electron chi connectivity index (χ0n) is 19.4. The molecular formula is C23H26F3N3O5S. The van der Waals surface area contributed by atoms with Gasteiger partial charge in [-0.25, -0.2) is 13.2 Å². The number of methoxy groups -OCH3 is 1. The predicted octanol–water partition coefficient (Wildman–Crippen LogP) is 4.48. The number of esters is 1. The molecule has 0 aromatic heterocycles. The van der Waals surface area contributed by atoms with Crippen molar-refractivity contribution in [2.24, 2.45) is 0 Å². The average Bonchev–Trinajstić information content (AvgIpc) is 3.29. The number of hydrogen-bond donors (Lipinski definition) is 1. The van der Waals surface area contributed by atoms with Crippen LogP contribution in [0.15, 0.2) is 53.4 Å². The third kappa shape index (κ3) is 5.76. The molecule has 2 amide bonds. The summed E-state index contributed by atoms with van der Waals surface area (Å²) in [6, 6.07) is 7.83. The summed E-state index contributed by atoms with van der Waals surface area (Å²) in [6.07, 6.45) is -3.59. The maximum atomic E-state index is 13.1. The van der Waals surface area contributed by atoms with Gasteiger partial charge in [0, 0.05) is 24.0 Å². The lowest BCUT2D eigenvalue weighted by molar-refractivity contribution is -0.144. The van der Waals surface area contributed by atoms with Crippen molar-refractivity contribution in [1.82, 2.24) is 4.31 Å². The summed E-state index contributed by atoms with van der Waals surface area (Å²) in [5, 5.41) is 2.56. The fourth-order valence-corrected chi connectivity index (χ4v) is 5.54. The van der Waals surface area contributed by atoms with E-state index in [0.717, 1.165) is 28.6 Å². The first-order valence-corrected chi connectivity index (χ1v) is 12.3. The van der Waals surface area contributed by atoms with E-state index in [1.165, 1.54) is 36.3 Å². The molecule has 0 radical (unpaired) electrons. The maximum absolute atomic E-state index is 13.1. The average molecular weight is 514 g/mol. The van der Waals surface area contributed by atoms with E-state index in [-0.39, 0.29) is 23.2 Å². The van der Waals surface area contributed by atoms with E-state index in [1.54, 1.807) is 13.8 Å². The summed E-state index contributed by atoms with van der Waals surface area (Å²) < 4.78 is 70.3. The Bertz CT molecular complexity index is 1170. The van der Waals surface area contributed by atoms with Crippen LogP contribution in [-0.4, -0.2) is 50.5 Å². The molecule has 1 aliphatic rings. The molecule has 1 atom stereocenters. The normalized spacial score (nSPS) is 16.8. The van der Waals surface area contributed by atoms with E-state index < -0.39 is 39.8 Å². The largest absolute Gasteiger partial charge is 0.468 e. The molecule has 0 spiro atoms. The highest BCUT2D eigenvalue weighted by Gasteiger charge is 2.40. The van der Waals surface area contributed by atoms with Crippen LogP contribution < -0.4 is 10.2 Å². The molecule has 0 unspecified atom stereocenters. The van der Waals surface area contributed by atoms with Gasteiger partial charge in [-0.2, -0.15) is 17.5 Å². The zero-order valence-corrected chi connectivity index (χ0v) is 20.2. The van der Waals surface area contributed by atoms with Crippen molar-refractivity contribution < 1.29 is 35.9 Å². The maximum Gasteiger partial charge on any atom is 0.416 e. The van der Waals surface area contributed by atoms with Crippen LogP contribution in [0.1, 0.15) is 32.3 Å². The highest BCUT2D eigenvalue weighted by molar-refractivity contribution is 7.89. The van der Waals surface area contributed by atoms with E-state index in [2.05, 4.69) is 5.32 Å². The van der Waals surface area contributed by atoms with Crippen molar-refractivity contribution in [1.29, 1.82) is 0 Å². The van der Waals surface area contributed by atoms with Gasteiger partial charge in [-0.15, -0.1) is 0 Å². The van der Waals surface area contributed by atoms with E-state index in [1.807, 2.05) is 0 Å². The summed E-state index contributed by atoms with van der Waals surface area (Å²) in [4.78, 5) is 26.2. The van der Waals surface area contributed by atoms with Crippen molar-refractivity contribution in [3.8, 4) is 0 Å². The first-order valence-electron chi connectivity index (χ1n) is 10.8. The molecule has 8 nitrogen and oxygen atoms in total. The second kappa shape index (κ2) is 10.2. The van der Waals surface area contributed by atoms with Crippen molar-refractivity contribution in [2.45, 2.75) is 49.8 Å². The van der Waals surface area contributed by atoms with E-state index in [9.17, 15) is 31.2 Å². The molecule has 0 bridgehead atoms. The van der Waals surface area contributed by atoms with E-state index in [4.69, 9.17) is 4.74 Å². The summed E-state index contributed by atoms with van der Waals surface area (Å²) in [7, 11) is -2.76. The van der Waals surface area contributed by atoms with Gasteiger partial charge in [0.15, 0.2) is 0 Å². The fourth-order valence-electron chi connectivity index (χ4n) is 3.89. The van der Waals surface area contributed by atoms with Gasteiger partial charge >= 0.3 is 18.2 Å². The Kier molecular flexibility index (Phi) is 7.75. The first-order chi connectivity index (χ1) is 16.4. The van der Waals surface area contributed by atoms with Crippen molar-refractivity contribution >= 4 is 33.4 Å². The fraction of sp³-hybridized carbons (Fsp3) is 0.391. The molecule has 1 heterocycles. The number of carbonyl (C=O) groups excluding carboxylic acids is 2. The Morgan fingerprint density at radius 3 is 2.20 bits per heavy atom. The monoisotopic (exact) mass is 513 g/mol. The van der Waals surface area contributed by atoms with Crippen LogP contribution in [0.4, 0.5) is 29.3 Å². The lowest BCUT2D eigenvalue weighted by Crippen LogP contribution is -2.41. The molecule has 1 N–H and O–H groups in total. The van der Waals surface area contributed by atoms with Crippen LogP contribution in [-0.2, 0) is 25.7 Å². The lowest BCUT2D eigenvalue weighted by Gasteiger charge is -2.28. The standard InChI is InChI=1S/C23H26F3N3O5S/c1-15(2)29(22(31)27-17-8-6-16(7-9-17)23(24,25)26)18-10-12-19(13-11-18)35(32,33)28-14-4-5-20(28)21(30)34-3/h6-13,15,20H,4-5,14H2,1-3H3,(H,27,31)/t20-/m0/s1. The topological polar surface area (TPSA) is 96.0 Å². The summed E-state index contributed by atoms with van der Waals surface area (Å²) in [5.41, 5.74) is -0.273. The number of ether oxygens (including phenoxy) is 1. The number of amides is 2. The van der Waals surface area contributed by atoms with Gasteiger partial charge in [0.25, 0.3) is 0 Å². The number of urea groups is 1. The second-order valence-electron chi connectivity index (χ2n) is 8.26. The molecule has 190 valence electrons. The van der Waals surface area contributed by atoms with Gasteiger partial charge in [-0.3, -0.25) is 9.69 Å². The molecule has 0 saturated carbocycles. The number of sulfonamides is 1. The molecule has 2 aromatic rings. The van der Waals surface area contributed by atoms with E-state index in [0.29, 0.717) is 18.5 Å². The Labute approximate surface area is 201 Å². The lowest BCUT2D eigenvalue weighted by atomic mass is 10.2. The molecule has 35 heavy (non-hydrogen) atoms. The van der Waals surface area contributed by atoms with Gasteiger partial charge in [0.05, 0.1) is 17.6 Å². The predicted molar refractivity (Wildman–Crippen MR) is 123 cm³/mol. The smallest absolute Gasteiger partial charge is 0.416 e. The molecule has 1 saturated heterocycles. The molecule has 1 aliphatic heterocycles. The SMILES string of the molecule is COC(=O)[C@@H]1CCCN1S(=O)(=O)c1ccc(N(C(=O)Nc2ccc(C(F)(F)F)cc2)C(C)C)cc1. The summed E-state index contributed by atoms with van der Waals surface area (Å²) in [5.74, 6) is -0.617. The van der Waals surface area contributed by atoms with E-state index >= 15 is 0 Å². The summed E-state index contributed by atoms with van der Waals surface area (Å²) >= 11 is 0. The Balaban J connectivity index is 1.80. The number of hydrogen-bond acceptors (Lipinski definition) is 5. The minimum Gasteiger partial charge on any atom is -0.468 e. The number of nitrogens with one attached hydrogen (secondary N) is 1. The molecule has 1 fully saturated rings. The number of alkyl halides is 3. The number of nitrogens with zero attached hydrogens (tertiary/aromatic N) is 2. The van der Waals surface area contributed by atoms with Gasteiger partial charge in [0.2, 0.25) is 10.0 Å². The number of halogens is 3. The highest BCUT2D eigenvalue weighted by Crippen LogP contribution is 2.31. The van der Waals surface area contributed by atoms with Crippen LogP contribution in [0.3, 0.4) is 0 Å². The molecule has 12 heteroatoms. The Morgan fingerprint density at radius 2 is 1.69 bits per heavy atom. The van der Waals surface area contributed by atoms with Gasteiger partial charge in [-0.1, -0.05) is 0 Å². The quantitative estimate of drug-likeness (QED) is 0.575. The third-order valence-electron chi connectivity index (χ3n) is 5.60. The van der Waals surface area contributed by atoms with Gasteiger partial charge in [-0.05, 0) is 75.2 Å². The minimum atomic E-state index is -4.49. The molecule has 0 aliphatic carbocycles. The second-order valence-corrected chi connectivity index (χ2v) is 10.2. The van der Waals surface area contributed by atoms with Crippen LogP contribution in [0, 0.1) is 0 Å². The molecule has 2 aromatic carbocycles. The summed E-state index contributed by atoms with van der Waals surface area (Å²) in [6.45, 7) is 3.67. The number of anilines is 2. The van der Waals surface area contributed by atoms with Crippen molar-refractivity contribution in [3.05, 3.63) is 54.1 Å². The highest BCUT2D eigenvalue weighted by atomic mass is 32.2. The third-order valence-corrected chi connectivity index (χ3v) is 7.52. The number of rotatable bonds is 6. The van der Waals surface area contributed by atoms with Crippen LogP contribution in [0.2, 0.25) is 0 Å². The van der Waals surface area contributed by atoms with Crippen LogP contribution in [0.25, 0.3) is 0 Å².